The fourth-order valence-corrected chi connectivity index (χ4v) is 4.17. The van der Waals surface area contributed by atoms with Gasteiger partial charge in [-0.3, -0.25) is 14.6 Å². The molecule has 0 fully saturated rings. The van der Waals surface area contributed by atoms with E-state index in [1.54, 1.807) is 23.4 Å². The third-order valence-corrected chi connectivity index (χ3v) is 5.65. The highest BCUT2D eigenvalue weighted by molar-refractivity contribution is 6.06. The molecule has 0 saturated carbocycles. The van der Waals surface area contributed by atoms with Gasteiger partial charge >= 0.3 is 0 Å². The second kappa shape index (κ2) is 7.07. The van der Waals surface area contributed by atoms with E-state index in [4.69, 9.17) is 4.42 Å². The quantitative estimate of drug-likeness (QED) is 0.492. The molecule has 5 rings (SSSR count). The molecule has 0 radical (unpaired) electrons. The standard InChI is InChI=1S/C24H21N3O3/c1-26(2)12-13-27-20(16-7-5-11-25-14-16)19-21(28)18-10-9-15-6-3-4-8-17(15)22(18)30-23(19)24(27)29/h3-11,14,20H,12-13H2,1-2H3. The van der Waals surface area contributed by atoms with Crippen LogP contribution < -0.4 is 5.43 Å². The maximum atomic E-state index is 13.6. The number of pyridine rings is 1. The summed E-state index contributed by atoms with van der Waals surface area (Å²) in [4.78, 5) is 34.9. The highest BCUT2D eigenvalue weighted by atomic mass is 16.3. The van der Waals surface area contributed by atoms with Gasteiger partial charge in [0, 0.05) is 30.9 Å². The minimum absolute atomic E-state index is 0.136. The highest BCUT2D eigenvalue weighted by Crippen LogP contribution is 2.38. The Bertz CT molecular complexity index is 1330. The lowest BCUT2D eigenvalue weighted by Crippen LogP contribution is -2.35. The number of rotatable bonds is 4. The summed E-state index contributed by atoms with van der Waals surface area (Å²) in [6, 6.07) is 14.6. The molecule has 1 aliphatic heterocycles. The van der Waals surface area contributed by atoms with E-state index in [1.807, 2.05) is 61.5 Å². The molecule has 0 N–H and O–H groups in total. The number of benzene rings is 2. The number of aromatic nitrogens is 1. The molecule has 4 aromatic rings. The lowest BCUT2D eigenvalue weighted by Gasteiger charge is -2.26. The van der Waals surface area contributed by atoms with Gasteiger partial charge in [0.25, 0.3) is 5.91 Å². The van der Waals surface area contributed by atoms with E-state index in [0.29, 0.717) is 29.6 Å². The molecule has 0 bridgehead atoms. The van der Waals surface area contributed by atoms with Crippen molar-refractivity contribution < 1.29 is 9.21 Å². The van der Waals surface area contributed by atoms with E-state index in [1.165, 1.54) is 0 Å². The van der Waals surface area contributed by atoms with Crippen LogP contribution in [0.4, 0.5) is 0 Å². The molecule has 1 atom stereocenters. The molecule has 0 aliphatic carbocycles. The Morgan fingerprint density at radius 3 is 2.63 bits per heavy atom. The van der Waals surface area contributed by atoms with Gasteiger partial charge in [0.2, 0.25) is 5.76 Å². The Hall–Kier alpha value is -3.51. The van der Waals surface area contributed by atoms with Crippen molar-refractivity contribution in [3.05, 3.63) is 88.0 Å². The van der Waals surface area contributed by atoms with Crippen molar-refractivity contribution in [3.63, 3.8) is 0 Å². The van der Waals surface area contributed by atoms with Gasteiger partial charge in [-0.2, -0.15) is 0 Å². The summed E-state index contributed by atoms with van der Waals surface area (Å²) in [5, 5.41) is 2.28. The van der Waals surface area contributed by atoms with E-state index in [2.05, 4.69) is 4.98 Å². The zero-order valence-electron chi connectivity index (χ0n) is 16.8. The molecular weight excluding hydrogens is 378 g/mol. The SMILES string of the molecule is CN(C)CCN1C(=O)c2oc3c(ccc4ccccc43)c(=O)c2C1c1cccnc1. The van der Waals surface area contributed by atoms with E-state index >= 15 is 0 Å². The summed E-state index contributed by atoms with van der Waals surface area (Å²) >= 11 is 0. The van der Waals surface area contributed by atoms with Crippen LogP contribution >= 0.6 is 0 Å². The molecule has 6 heteroatoms. The Morgan fingerprint density at radius 2 is 1.87 bits per heavy atom. The van der Waals surface area contributed by atoms with Gasteiger partial charge < -0.3 is 14.2 Å². The van der Waals surface area contributed by atoms with Crippen LogP contribution in [0, 0.1) is 0 Å². The number of amides is 1. The van der Waals surface area contributed by atoms with Crippen LogP contribution in [0.2, 0.25) is 0 Å². The van der Waals surface area contributed by atoms with Crippen LogP contribution in [0.25, 0.3) is 21.7 Å². The van der Waals surface area contributed by atoms with E-state index in [0.717, 1.165) is 16.3 Å². The summed E-state index contributed by atoms with van der Waals surface area (Å²) in [7, 11) is 3.91. The van der Waals surface area contributed by atoms with Crippen molar-refractivity contribution in [1.29, 1.82) is 0 Å². The zero-order chi connectivity index (χ0) is 20.8. The first kappa shape index (κ1) is 18.5. The van der Waals surface area contributed by atoms with Crippen LogP contribution in [-0.4, -0.2) is 47.9 Å². The Balaban J connectivity index is 1.78. The minimum atomic E-state index is -0.506. The summed E-state index contributed by atoms with van der Waals surface area (Å²) in [5.74, 6) is -0.121. The smallest absolute Gasteiger partial charge is 0.290 e. The first-order valence-electron chi connectivity index (χ1n) is 9.90. The van der Waals surface area contributed by atoms with E-state index in [-0.39, 0.29) is 17.1 Å². The van der Waals surface area contributed by atoms with Crippen LogP contribution in [0.15, 0.2) is 70.1 Å². The molecule has 2 aromatic carbocycles. The van der Waals surface area contributed by atoms with E-state index < -0.39 is 6.04 Å². The number of carbonyl (C=O) groups excluding carboxylic acids is 1. The molecular formula is C24H21N3O3. The maximum Gasteiger partial charge on any atom is 0.290 e. The number of carbonyl (C=O) groups is 1. The predicted molar refractivity (Wildman–Crippen MR) is 116 cm³/mol. The number of nitrogens with zero attached hydrogens (tertiary/aromatic N) is 3. The highest BCUT2D eigenvalue weighted by Gasteiger charge is 2.42. The molecule has 1 aliphatic rings. The van der Waals surface area contributed by atoms with Gasteiger partial charge in [-0.1, -0.05) is 36.4 Å². The lowest BCUT2D eigenvalue weighted by atomic mass is 9.98. The normalized spacial score (nSPS) is 16.0. The van der Waals surface area contributed by atoms with Gasteiger partial charge in [-0.15, -0.1) is 0 Å². The second-order valence-corrected chi connectivity index (χ2v) is 7.83. The summed E-state index contributed by atoms with van der Waals surface area (Å²) < 4.78 is 6.17. The molecule has 1 unspecified atom stereocenters. The molecule has 30 heavy (non-hydrogen) atoms. The third-order valence-electron chi connectivity index (χ3n) is 5.65. The second-order valence-electron chi connectivity index (χ2n) is 7.83. The minimum Gasteiger partial charge on any atom is -0.450 e. The monoisotopic (exact) mass is 399 g/mol. The van der Waals surface area contributed by atoms with Crippen LogP contribution in [0.1, 0.15) is 27.7 Å². The Labute approximate surface area is 173 Å². The lowest BCUT2D eigenvalue weighted by molar-refractivity contribution is 0.0716. The molecule has 0 spiro atoms. The van der Waals surface area contributed by atoms with Crippen molar-refractivity contribution in [3.8, 4) is 0 Å². The van der Waals surface area contributed by atoms with Gasteiger partial charge in [0.1, 0.15) is 5.58 Å². The van der Waals surface area contributed by atoms with Crippen LogP contribution in [-0.2, 0) is 0 Å². The Kier molecular flexibility index (Phi) is 4.37. The number of hydrogen-bond acceptors (Lipinski definition) is 5. The predicted octanol–water partition coefficient (Wildman–Crippen LogP) is 3.45. The molecule has 6 nitrogen and oxygen atoms in total. The van der Waals surface area contributed by atoms with Crippen molar-refractivity contribution in [2.45, 2.75) is 6.04 Å². The van der Waals surface area contributed by atoms with Gasteiger partial charge in [0.05, 0.1) is 17.0 Å². The number of hydrogen-bond donors (Lipinski definition) is 0. The number of fused-ring (bicyclic) bond motifs is 4. The summed E-state index contributed by atoms with van der Waals surface area (Å²) in [5.41, 5.74) is 1.50. The third kappa shape index (κ3) is 2.80. The largest absolute Gasteiger partial charge is 0.450 e. The van der Waals surface area contributed by atoms with Crippen molar-refractivity contribution in [2.75, 3.05) is 27.2 Å². The van der Waals surface area contributed by atoms with Crippen molar-refractivity contribution >= 4 is 27.6 Å². The van der Waals surface area contributed by atoms with Gasteiger partial charge in [-0.05, 0) is 37.2 Å². The zero-order valence-corrected chi connectivity index (χ0v) is 16.8. The first-order valence-corrected chi connectivity index (χ1v) is 9.90. The summed E-state index contributed by atoms with van der Waals surface area (Å²) in [6.45, 7) is 1.15. The average molecular weight is 399 g/mol. The van der Waals surface area contributed by atoms with Crippen molar-refractivity contribution in [1.82, 2.24) is 14.8 Å². The maximum absolute atomic E-state index is 13.6. The van der Waals surface area contributed by atoms with Crippen LogP contribution in [0.5, 0.6) is 0 Å². The molecule has 150 valence electrons. The fourth-order valence-electron chi connectivity index (χ4n) is 4.17. The van der Waals surface area contributed by atoms with Gasteiger partial charge in [0.15, 0.2) is 5.43 Å². The molecule has 1 amide bonds. The molecule has 0 saturated heterocycles. The van der Waals surface area contributed by atoms with E-state index in [9.17, 15) is 9.59 Å². The molecule has 2 aromatic heterocycles. The van der Waals surface area contributed by atoms with Crippen molar-refractivity contribution in [2.24, 2.45) is 0 Å². The summed E-state index contributed by atoms with van der Waals surface area (Å²) in [6.07, 6.45) is 3.39. The fraction of sp³-hybridized carbons (Fsp3) is 0.208. The number of likely N-dealkylation sites (N-methyl/N-ethyl adjacent to an activating group) is 1. The topological polar surface area (TPSA) is 66.7 Å². The van der Waals surface area contributed by atoms with Crippen LogP contribution in [0.3, 0.4) is 0 Å². The molecule has 3 heterocycles. The first-order chi connectivity index (χ1) is 14.6. The average Bonchev–Trinajstić information content (AvgIpc) is 3.05. The van der Waals surface area contributed by atoms with Gasteiger partial charge in [-0.25, -0.2) is 0 Å². The Morgan fingerprint density at radius 1 is 1.03 bits per heavy atom.